The third-order valence-corrected chi connectivity index (χ3v) is 3.96. The van der Waals surface area contributed by atoms with E-state index in [4.69, 9.17) is 0 Å². The van der Waals surface area contributed by atoms with Gasteiger partial charge in [-0.25, -0.2) is 4.98 Å². The number of carbonyl (C=O) groups is 1. The first-order valence-corrected chi connectivity index (χ1v) is 7.74. The largest absolute Gasteiger partial charge is 0.306 e. The van der Waals surface area contributed by atoms with Gasteiger partial charge in [0.2, 0.25) is 0 Å². The molecule has 0 saturated carbocycles. The fourth-order valence-electron chi connectivity index (χ4n) is 2.59. The van der Waals surface area contributed by atoms with Crippen LogP contribution in [0.4, 0.5) is 5.82 Å². The topological polar surface area (TPSA) is 83.6 Å². The third-order valence-electron chi connectivity index (χ3n) is 3.96. The van der Waals surface area contributed by atoms with Crippen LogP contribution in [0.2, 0.25) is 0 Å². The molecule has 1 amide bonds. The Morgan fingerprint density at radius 1 is 1.32 bits per heavy atom. The van der Waals surface area contributed by atoms with Gasteiger partial charge in [0.1, 0.15) is 11.6 Å². The number of nitrogens with zero attached hydrogens (tertiary/aromatic N) is 4. The molecule has 6 heteroatoms. The average Bonchev–Trinajstić information content (AvgIpc) is 2.98. The van der Waals surface area contributed by atoms with E-state index in [0.717, 1.165) is 22.0 Å². The van der Waals surface area contributed by atoms with E-state index >= 15 is 0 Å². The highest BCUT2D eigenvalue weighted by molar-refractivity contribution is 6.03. The van der Waals surface area contributed by atoms with Gasteiger partial charge in [-0.2, -0.15) is 15.0 Å². The molecule has 0 saturated heterocycles. The molecule has 1 aromatic carbocycles. The standard InChI is InChI=1S/C19H17N5O/c1-11(2)19(25)23-18-14(9-20)10-21-24(18)16-8-13(4)15-7-5-6-12(3)17(15)22-16/h5-8,10H,1H2,2-4H3,(H,23,25). The highest BCUT2D eigenvalue weighted by atomic mass is 16.1. The van der Waals surface area contributed by atoms with Crippen molar-refractivity contribution in [3.05, 3.63) is 59.3 Å². The summed E-state index contributed by atoms with van der Waals surface area (Å²) < 4.78 is 1.47. The normalized spacial score (nSPS) is 10.5. The molecule has 0 unspecified atom stereocenters. The number of nitriles is 1. The molecule has 0 aliphatic carbocycles. The predicted octanol–water partition coefficient (Wildman–Crippen LogP) is 3.42. The molecule has 0 spiro atoms. The number of rotatable bonds is 3. The van der Waals surface area contributed by atoms with E-state index in [9.17, 15) is 10.1 Å². The number of aryl methyl sites for hydroxylation is 2. The zero-order valence-electron chi connectivity index (χ0n) is 14.3. The number of hydrogen-bond acceptors (Lipinski definition) is 4. The lowest BCUT2D eigenvalue weighted by Crippen LogP contribution is -2.16. The predicted molar refractivity (Wildman–Crippen MR) is 96.5 cm³/mol. The second-order valence-electron chi connectivity index (χ2n) is 5.93. The molecular formula is C19H17N5O. The molecule has 0 bridgehead atoms. The van der Waals surface area contributed by atoms with Crippen LogP contribution < -0.4 is 5.32 Å². The monoisotopic (exact) mass is 331 g/mol. The summed E-state index contributed by atoms with van der Waals surface area (Å²) in [6.07, 6.45) is 1.41. The fraction of sp³-hybridized carbons (Fsp3) is 0.158. The SMILES string of the molecule is C=C(C)C(=O)Nc1c(C#N)cnn1-c1cc(C)c2cccc(C)c2n1. The quantitative estimate of drug-likeness (QED) is 0.745. The van der Waals surface area contributed by atoms with Gasteiger partial charge >= 0.3 is 0 Å². The van der Waals surface area contributed by atoms with Crippen molar-refractivity contribution in [1.29, 1.82) is 5.26 Å². The van der Waals surface area contributed by atoms with E-state index in [1.807, 2.05) is 44.2 Å². The Morgan fingerprint density at radius 3 is 2.76 bits per heavy atom. The molecule has 0 aliphatic heterocycles. The van der Waals surface area contributed by atoms with Crippen LogP contribution >= 0.6 is 0 Å². The van der Waals surface area contributed by atoms with Gasteiger partial charge in [-0.3, -0.25) is 4.79 Å². The van der Waals surface area contributed by atoms with Gasteiger partial charge in [0.15, 0.2) is 11.6 Å². The van der Waals surface area contributed by atoms with Crippen LogP contribution in [0.3, 0.4) is 0 Å². The first-order valence-electron chi connectivity index (χ1n) is 7.74. The zero-order valence-corrected chi connectivity index (χ0v) is 14.3. The Kier molecular flexibility index (Phi) is 4.07. The number of benzene rings is 1. The van der Waals surface area contributed by atoms with Gasteiger partial charge in [0.25, 0.3) is 5.91 Å². The molecule has 25 heavy (non-hydrogen) atoms. The molecule has 0 atom stereocenters. The van der Waals surface area contributed by atoms with Crippen molar-refractivity contribution < 1.29 is 4.79 Å². The lowest BCUT2D eigenvalue weighted by molar-refractivity contribution is -0.112. The fourth-order valence-corrected chi connectivity index (χ4v) is 2.59. The highest BCUT2D eigenvalue weighted by Gasteiger charge is 2.17. The van der Waals surface area contributed by atoms with Gasteiger partial charge in [0.05, 0.1) is 11.7 Å². The minimum absolute atomic E-state index is 0.263. The first-order chi connectivity index (χ1) is 11.9. The number of carbonyl (C=O) groups excluding carboxylic acids is 1. The Morgan fingerprint density at radius 2 is 2.08 bits per heavy atom. The molecule has 6 nitrogen and oxygen atoms in total. The lowest BCUT2D eigenvalue weighted by atomic mass is 10.1. The Hall–Kier alpha value is -3.46. The molecule has 2 heterocycles. The highest BCUT2D eigenvalue weighted by Crippen LogP contribution is 2.25. The molecule has 0 radical (unpaired) electrons. The van der Waals surface area contributed by atoms with Gasteiger partial charge in [-0.05, 0) is 38.0 Å². The van der Waals surface area contributed by atoms with Gasteiger partial charge in [-0.15, -0.1) is 0 Å². The number of nitrogens with one attached hydrogen (secondary N) is 1. The van der Waals surface area contributed by atoms with Gasteiger partial charge in [-0.1, -0.05) is 24.8 Å². The van der Waals surface area contributed by atoms with Crippen molar-refractivity contribution in [3.8, 4) is 11.9 Å². The maximum atomic E-state index is 12.0. The minimum atomic E-state index is -0.369. The van der Waals surface area contributed by atoms with E-state index in [2.05, 4.69) is 22.0 Å². The molecule has 0 fully saturated rings. The second-order valence-corrected chi connectivity index (χ2v) is 5.93. The average molecular weight is 331 g/mol. The number of hydrogen-bond donors (Lipinski definition) is 1. The number of amides is 1. The van der Waals surface area contributed by atoms with Crippen LogP contribution in [-0.2, 0) is 4.79 Å². The van der Waals surface area contributed by atoms with Crippen LogP contribution in [-0.4, -0.2) is 20.7 Å². The zero-order chi connectivity index (χ0) is 18.1. The minimum Gasteiger partial charge on any atom is -0.306 e. The van der Waals surface area contributed by atoms with Crippen molar-refractivity contribution in [2.45, 2.75) is 20.8 Å². The maximum Gasteiger partial charge on any atom is 0.251 e. The number of fused-ring (bicyclic) bond motifs is 1. The summed E-state index contributed by atoms with van der Waals surface area (Å²) in [5.41, 5.74) is 3.55. The summed E-state index contributed by atoms with van der Waals surface area (Å²) in [5, 5.41) is 17.3. The lowest BCUT2D eigenvalue weighted by Gasteiger charge is -2.12. The Labute approximate surface area is 145 Å². The number of anilines is 1. The first kappa shape index (κ1) is 16.4. The number of pyridine rings is 1. The summed E-state index contributed by atoms with van der Waals surface area (Å²) in [6.45, 7) is 9.21. The smallest absolute Gasteiger partial charge is 0.251 e. The van der Waals surface area contributed by atoms with Crippen LogP contribution in [0.15, 0.2) is 42.6 Å². The summed E-state index contributed by atoms with van der Waals surface area (Å²) >= 11 is 0. The molecule has 3 aromatic rings. The molecular weight excluding hydrogens is 314 g/mol. The van der Waals surface area contributed by atoms with Crippen molar-refractivity contribution in [3.63, 3.8) is 0 Å². The van der Waals surface area contributed by atoms with Crippen LogP contribution in [0, 0.1) is 25.2 Å². The van der Waals surface area contributed by atoms with Crippen LogP contribution in [0.5, 0.6) is 0 Å². The van der Waals surface area contributed by atoms with Crippen molar-refractivity contribution >= 4 is 22.6 Å². The van der Waals surface area contributed by atoms with Crippen LogP contribution in [0.25, 0.3) is 16.7 Å². The molecule has 1 N–H and O–H groups in total. The molecule has 124 valence electrons. The number of para-hydroxylation sites is 1. The van der Waals surface area contributed by atoms with E-state index in [0.29, 0.717) is 11.4 Å². The second kappa shape index (κ2) is 6.21. The van der Waals surface area contributed by atoms with Gasteiger partial charge < -0.3 is 5.32 Å². The maximum absolute atomic E-state index is 12.0. The Balaban J connectivity index is 2.20. The Bertz CT molecular complexity index is 1060. The van der Waals surface area contributed by atoms with Crippen molar-refractivity contribution in [2.75, 3.05) is 5.32 Å². The molecule has 0 aliphatic rings. The molecule has 2 aromatic heterocycles. The summed E-state index contributed by atoms with van der Waals surface area (Å²) in [7, 11) is 0. The van der Waals surface area contributed by atoms with E-state index in [-0.39, 0.29) is 17.3 Å². The summed E-state index contributed by atoms with van der Waals surface area (Å²) in [6, 6.07) is 9.92. The van der Waals surface area contributed by atoms with E-state index in [1.54, 1.807) is 6.92 Å². The molecule has 3 rings (SSSR count). The van der Waals surface area contributed by atoms with Crippen LogP contribution in [0.1, 0.15) is 23.6 Å². The van der Waals surface area contributed by atoms with E-state index < -0.39 is 0 Å². The van der Waals surface area contributed by atoms with Crippen molar-refractivity contribution in [2.24, 2.45) is 0 Å². The summed E-state index contributed by atoms with van der Waals surface area (Å²) in [4.78, 5) is 16.7. The third kappa shape index (κ3) is 2.88. The van der Waals surface area contributed by atoms with Gasteiger partial charge in [0, 0.05) is 11.0 Å². The van der Waals surface area contributed by atoms with Crippen molar-refractivity contribution in [1.82, 2.24) is 14.8 Å². The van der Waals surface area contributed by atoms with E-state index in [1.165, 1.54) is 10.9 Å². The summed E-state index contributed by atoms with van der Waals surface area (Å²) in [5.74, 6) is 0.458. The number of aromatic nitrogens is 3.